The highest BCUT2D eigenvalue weighted by Gasteiger charge is 2.06. The van der Waals surface area contributed by atoms with Crippen LogP contribution in [0, 0.1) is 0 Å². The fourth-order valence-corrected chi connectivity index (χ4v) is 2.61. The van der Waals surface area contributed by atoms with Gasteiger partial charge in [-0.05, 0) is 17.5 Å². The third kappa shape index (κ3) is 5.47. The number of ether oxygens (including phenoxy) is 2. The van der Waals surface area contributed by atoms with Gasteiger partial charge in [-0.15, -0.1) is 11.3 Å². The molecule has 2 rings (SSSR count). The van der Waals surface area contributed by atoms with Gasteiger partial charge in [-0.1, -0.05) is 24.3 Å². The van der Waals surface area contributed by atoms with Gasteiger partial charge in [-0.25, -0.2) is 0 Å². The molecule has 1 aromatic heterocycles. The van der Waals surface area contributed by atoms with Gasteiger partial charge in [-0.2, -0.15) is 0 Å². The lowest BCUT2D eigenvalue weighted by molar-refractivity contribution is 0.0297. The third-order valence-corrected chi connectivity index (χ3v) is 3.87. The van der Waals surface area contributed by atoms with Crippen LogP contribution in [0.15, 0.2) is 41.8 Å². The number of thiophene rings is 1. The quantitative estimate of drug-likeness (QED) is 0.747. The fourth-order valence-electron chi connectivity index (χ4n) is 1.97. The first-order valence-electron chi connectivity index (χ1n) is 6.90. The van der Waals surface area contributed by atoms with Gasteiger partial charge in [0.2, 0.25) is 0 Å². The predicted molar refractivity (Wildman–Crippen MR) is 84.7 cm³/mol. The van der Waals surface area contributed by atoms with Gasteiger partial charge < -0.3 is 19.9 Å². The molecule has 21 heavy (non-hydrogen) atoms. The van der Waals surface area contributed by atoms with Crippen molar-refractivity contribution in [2.75, 3.05) is 20.3 Å². The largest absolute Gasteiger partial charge is 0.496 e. The number of aliphatic hydroxyl groups excluding tert-OH is 1. The van der Waals surface area contributed by atoms with E-state index in [1.54, 1.807) is 18.4 Å². The van der Waals surface area contributed by atoms with Crippen LogP contribution < -0.4 is 10.1 Å². The zero-order valence-electron chi connectivity index (χ0n) is 12.1. The molecule has 114 valence electrons. The first kappa shape index (κ1) is 16.0. The lowest BCUT2D eigenvalue weighted by Gasteiger charge is -2.13. The molecule has 2 N–H and O–H groups in total. The van der Waals surface area contributed by atoms with Gasteiger partial charge in [-0.3, -0.25) is 0 Å². The second kappa shape index (κ2) is 8.79. The summed E-state index contributed by atoms with van der Waals surface area (Å²) in [6.07, 6.45) is -0.514. The van der Waals surface area contributed by atoms with E-state index >= 15 is 0 Å². The van der Waals surface area contributed by atoms with Crippen molar-refractivity contribution in [3.05, 3.63) is 52.2 Å². The second-order valence-corrected chi connectivity index (χ2v) is 5.72. The van der Waals surface area contributed by atoms with Gasteiger partial charge in [0, 0.05) is 23.5 Å². The number of methoxy groups -OCH3 is 1. The SMILES string of the molecule is COc1ccccc1CNCC(O)COCc1cccs1. The Morgan fingerprint density at radius 3 is 2.86 bits per heavy atom. The first-order chi connectivity index (χ1) is 10.3. The van der Waals surface area contributed by atoms with Crippen molar-refractivity contribution >= 4 is 11.3 Å². The standard InChI is InChI=1S/C16H21NO3S/c1-19-16-7-3-2-5-13(16)9-17-10-14(18)11-20-12-15-6-4-8-21-15/h2-8,14,17-18H,9-12H2,1H3. The minimum atomic E-state index is -0.514. The topological polar surface area (TPSA) is 50.7 Å². The predicted octanol–water partition coefficient (Wildman–Crippen LogP) is 2.42. The van der Waals surface area contributed by atoms with Gasteiger partial charge in [0.25, 0.3) is 0 Å². The lowest BCUT2D eigenvalue weighted by atomic mass is 10.2. The summed E-state index contributed by atoms with van der Waals surface area (Å²) in [5.41, 5.74) is 1.08. The van der Waals surface area contributed by atoms with Crippen molar-refractivity contribution in [1.29, 1.82) is 0 Å². The maximum absolute atomic E-state index is 9.87. The van der Waals surface area contributed by atoms with E-state index in [0.29, 0.717) is 26.3 Å². The van der Waals surface area contributed by atoms with Crippen molar-refractivity contribution in [1.82, 2.24) is 5.32 Å². The number of para-hydroxylation sites is 1. The van der Waals surface area contributed by atoms with E-state index in [1.165, 1.54) is 4.88 Å². The Balaban J connectivity index is 1.63. The number of rotatable bonds is 9. The van der Waals surface area contributed by atoms with Crippen LogP contribution in [0.5, 0.6) is 5.75 Å². The van der Waals surface area contributed by atoms with E-state index in [9.17, 15) is 5.11 Å². The zero-order chi connectivity index (χ0) is 14.9. The molecule has 5 heteroatoms. The van der Waals surface area contributed by atoms with E-state index < -0.39 is 6.10 Å². The third-order valence-electron chi connectivity index (χ3n) is 3.02. The van der Waals surface area contributed by atoms with Crippen LogP contribution >= 0.6 is 11.3 Å². The molecule has 4 nitrogen and oxygen atoms in total. The molecular formula is C16H21NO3S. The summed E-state index contributed by atoms with van der Waals surface area (Å²) < 4.78 is 10.8. The van der Waals surface area contributed by atoms with E-state index in [4.69, 9.17) is 9.47 Å². The molecule has 1 unspecified atom stereocenters. The minimum Gasteiger partial charge on any atom is -0.496 e. The number of hydrogen-bond donors (Lipinski definition) is 2. The number of aliphatic hydroxyl groups is 1. The van der Waals surface area contributed by atoms with Crippen LogP contribution in [-0.2, 0) is 17.9 Å². The van der Waals surface area contributed by atoms with Crippen molar-refractivity contribution in [3.8, 4) is 5.75 Å². The molecule has 0 aliphatic carbocycles. The number of nitrogens with one attached hydrogen (secondary N) is 1. The summed E-state index contributed by atoms with van der Waals surface area (Å²) in [5, 5.41) is 15.1. The van der Waals surface area contributed by atoms with Gasteiger partial charge in [0.05, 0.1) is 26.4 Å². The van der Waals surface area contributed by atoms with E-state index in [1.807, 2.05) is 41.8 Å². The van der Waals surface area contributed by atoms with Gasteiger partial charge in [0.1, 0.15) is 5.75 Å². The van der Waals surface area contributed by atoms with Crippen LogP contribution in [0.3, 0.4) is 0 Å². The highest BCUT2D eigenvalue weighted by Crippen LogP contribution is 2.16. The molecule has 0 radical (unpaired) electrons. The smallest absolute Gasteiger partial charge is 0.123 e. The average molecular weight is 307 g/mol. The molecule has 2 aromatic rings. The van der Waals surface area contributed by atoms with Crippen LogP contribution in [0.4, 0.5) is 0 Å². The normalized spacial score (nSPS) is 12.3. The Morgan fingerprint density at radius 2 is 2.10 bits per heavy atom. The molecule has 1 heterocycles. The molecule has 0 saturated heterocycles. The van der Waals surface area contributed by atoms with Crippen molar-refractivity contribution < 1.29 is 14.6 Å². The molecule has 0 aliphatic heterocycles. The highest BCUT2D eigenvalue weighted by atomic mass is 32.1. The van der Waals surface area contributed by atoms with Crippen LogP contribution in [0.1, 0.15) is 10.4 Å². The molecule has 0 saturated carbocycles. The first-order valence-corrected chi connectivity index (χ1v) is 7.78. The van der Waals surface area contributed by atoms with Crippen molar-refractivity contribution in [2.45, 2.75) is 19.3 Å². The molecule has 1 aromatic carbocycles. The summed E-state index contributed by atoms with van der Waals surface area (Å²) in [7, 11) is 1.66. The molecule has 0 bridgehead atoms. The Bertz CT molecular complexity index is 516. The Kier molecular flexibility index (Phi) is 6.69. The van der Waals surface area contributed by atoms with E-state index in [-0.39, 0.29) is 0 Å². The molecule has 0 aliphatic rings. The van der Waals surface area contributed by atoms with Crippen LogP contribution in [0.2, 0.25) is 0 Å². The van der Waals surface area contributed by atoms with Crippen molar-refractivity contribution in [2.24, 2.45) is 0 Å². The minimum absolute atomic E-state index is 0.330. The van der Waals surface area contributed by atoms with E-state index in [0.717, 1.165) is 11.3 Å². The van der Waals surface area contributed by atoms with Gasteiger partial charge >= 0.3 is 0 Å². The van der Waals surface area contributed by atoms with Crippen LogP contribution in [0.25, 0.3) is 0 Å². The summed E-state index contributed by atoms with van der Waals surface area (Å²) in [6, 6.07) is 11.9. The Labute approximate surface area is 129 Å². The zero-order valence-corrected chi connectivity index (χ0v) is 12.9. The number of hydrogen-bond acceptors (Lipinski definition) is 5. The van der Waals surface area contributed by atoms with Gasteiger partial charge in [0.15, 0.2) is 0 Å². The molecule has 0 spiro atoms. The highest BCUT2D eigenvalue weighted by molar-refractivity contribution is 7.09. The second-order valence-electron chi connectivity index (χ2n) is 4.69. The maximum Gasteiger partial charge on any atom is 0.123 e. The monoisotopic (exact) mass is 307 g/mol. The summed E-state index contributed by atoms with van der Waals surface area (Å²) >= 11 is 1.66. The Morgan fingerprint density at radius 1 is 1.24 bits per heavy atom. The number of benzene rings is 1. The maximum atomic E-state index is 9.87. The van der Waals surface area contributed by atoms with Crippen LogP contribution in [-0.4, -0.2) is 31.5 Å². The average Bonchev–Trinajstić information content (AvgIpc) is 3.01. The summed E-state index contributed by atoms with van der Waals surface area (Å²) in [6.45, 7) is 2.03. The fraction of sp³-hybridized carbons (Fsp3) is 0.375. The molecule has 0 amide bonds. The van der Waals surface area contributed by atoms with Crippen molar-refractivity contribution in [3.63, 3.8) is 0 Å². The summed E-state index contributed by atoms with van der Waals surface area (Å²) in [5.74, 6) is 0.855. The Hall–Kier alpha value is -1.40. The summed E-state index contributed by atoms with van der Waals surface area (Å²) in [4.78, 5) is 1.17. The van der Waals surface area contributed by atoms with E-state index in [2.05, 4.69) is 5.32 Å². The molecule has 1 atom stereocenters. The molecule has 0 fully saturated rings. The molecular weight excluding hydrogens is 286 g/mol. The lowest BCUT2D eigenvalue weighted by Crippen LogP contribution is -2.30.